The van der Waals surface area contributed by atoms with E-state index in [-0.39, 0.29) is 16.1 Å². The van der Waals surface area contributed by atoms with Crippen LogP contribution in [0.3, 0.4) is 0 Å². The summed E-state index contributed by atoms with van der Waals surface area (Å²) in [7, 11) is 0. The van der Waals surface area contributed by atoms with Gasteiger partial charge in [-0.15, -0.1) is 0 Å². The molecule has 114 valence electrons. The lowest BCUT2D eigenvalue weighted by Gasteiger charge is -2.07. The van der Waals surface area contributed by atoms with E-state index in [1.54, 1.807) is 0 Å². The molecule has 0 fully saturated rings. The molecule has 0 spiro atoms. The predicted molar refractivity (Wildman–Crippen MR) is 73.0 cm³/mol. The molecule has 0 aliphatic heterocycles. The molecule has 4 nitrogen and oxygen atoms in total. The maximum absolute atomic E-state index is 12.5. The van der Waals surface area contributed by atoms with Gasteiger partial charge in [0.05, 0.1) is 10.5 Å². The number of nitrogens with zero attached hydrogens (tertiary/aromatic N) is 1. The summed E-state index contributed by atoms with van der Waals surface area (Å²) in [6.07, 6.45) is -4.50. The number of carbonyl (C=O) groups is 1. The Kier molecular flexibility index (Phi) is 4.18. The van der Waals surface area contributed by atoms with Gasteiger partial charge in [-0.2, -0.15) is 13.2 Å². The van der Waals surface area contributed by atoms with Gasteiger partial charge < -0.3 is 0 Å². The van der Waals surface area contributed by atoms with E-state index in [0.29, 0.717) is 0 Å². The van der Waals surface area contributed by atoms with E-state index < -0.39 is 28.1 Å². The lowest BCUT2D eigenvalue weighted by atomic mass is 10.0. The predicted octanol–water partition coefficient (Wildman–Crippen LogP) is 4.50. The van der Waals surface area contributed by atoms with Crippen molar-refractivity contribution in [2.45, 2.75) is 6.18 Å². The Labute approximate surface area is 127 Å². The van der Waals surface area contributed by atoms with E-state index in [1.165, 1.54) is 12.1 Å². The first-order chi connectivity index (χ1) is 10.2. The van der Waals surface area contributed by atoms with Gasteiger partial charge in [0.15, 0.2) is 5.78 Å². The van der Waals surface area contributed by atoms with Gasteiger partial charge in [0.25, 0.3) is 5.69 Å². The minimum absolute atomic E-state index is 0.00961. The number of benzene rings is 2. The van der Waals surface area contributed by atoms with E-state index >= 15 is 0 Å². The highest BCUT2D eigenvalue weighted by molar-refractivity contribution is 6.32. The van der Waals surface area contributed by atoms with Crippen molar-refractivity contribution >= 4 is 23.1 Å². The van der Waals surface area contributed by atoms with Crippen LogP contribution >= 0.6 is 11.6 Å². The van der Waals surface area contributed by atoms with Gasteiger partial charge in [0.1, 0.15) is 5.02 Å². The lowest BCUT2D eigenvalue weighted by molar-refractivity contribution is -0.384. The van der Waals surface area contributed by atoms with Crippen LogP contribution in [0.2, 0.25) is 5.02 Å². The summed E-state index contributed by atoms with van der Waals surface area (Å²) in [5.74, 6) is -0.631. The average Bonchev–Trinajstić information content (AvgIpc) is 2.46. The summed E-state index contributed by atoms with van der Waals surface area (Å²) in [6.45, 7) is 0. The summed E-state index contributed by atoms with van der Waals surface area (Å²) in [4.78, 5) is 22.2. The molecule has 0 aliphatic rings. The van der Waals surface area contributed by atoms with Gasteiger partial charge >= 0.3 is 6.18 Å². The van der Waals surface area contributed by atoms with Gasteiger partial charge in [-0.1, -0.05) is 23.7 Å². The van der Waals surface area contributed by atoms with E-state index in [2.05, 4.69) is 0 Å². The Balaban J connectivity index is 2.36. The SMILES string of the molecule is O=C(c1ccc(C(F)(F)F)cc1)c1ccc(Cl)c([N+](=O)[O-])c1. The maximum atomic E-state index is 12.5. The van der Waals surface area contributed by atoms with Crippen LogP contribution in [0.15, 0.2) is 42.5 Å². The zero-order chi connectivity index (χ0) is 16.5. The molecule has 0 atom stereocenters. The molecule has 0 amide bonds. The number of rotatable bonds is 3. The number of hydrogen-bond acceptors (Lipinski definition) is 3. The zero-order valence-corrected chi connectivity index (χ0v) is 11.5. The third kappa shape index (κ3) is 3.25. The Bertz CT molecular complexity index is 742. The molecule has 0 aliphatic carbocycles. The minimum Gasteiger partial charge on any atom is -0.289 e. The van der Waals surface area contributed by atoms with Crippen LogP contribution in [0.25, 0.3) is 0 Å². The highest BCUT2D eigenvalue weighted by atomic mass is 35.5. The first kappa shape index (κ1) is 16.0. The molecule has 2 aromatic rings. The molecule has 8 heteroatoms. The van der Waals surface area contributed by atoms with E-state index in [1.807, 2.05) is 0 Å². The van der Waals surface area contributed by atoms with Crippen LogP contribution in [0.4, 0.5) is 18.9 Å². The van der Waals surface area contributed by atoms with Crippen LogP contribution in [0.1, 0.15) is 21.5 Å². The van der Waals surface area contributed by atoms with Crippen molar-refractivity contribution in [2.24, 2.45) is 0 Å². The topological polar surface area (TPSA) is 60.2 Å². The first-order valence-electron chi connectivity index (χ1n) is 5.86. The second kappa shape index (κ2) is 5.76. The molecule has 22 heavy (non-hydrogen) atoms. The molecule has 0 saturated heterocycles. The second-order valence-electron chi connectivity index (χ2n) is 4.33. The Hall–Kier alpha value is -2.41. The summed E-state index contributed by atoms with van der Waals surface area (Å²) >= 11 is 5.63. The van der Waals surface area contributed by atoms with Crippen molar-refractivity contribution in [2.75, 3.05) is 0 Å². The fraction of sp³-hybridized carbons (Fsp3) is 0.0714. The highest BCUT2D eigenvalue weighted by Gasteiger charge is 2.30. The van der Waals surface area contributed by atoms with Gasteiger partial charge in [0.2, 0.25) is 0 Å². The molecule has 0 aromatic heterocycles. The molecule has 0 saturated carbocycles. The van der Waals surface area contributed by atoms with Crippen molar-refractivity contribution in [3.8, 4) is 0 Å². The van der Waals surface area contributed by atoms with Crippen molar-refractivity contribution in [3.63, 3.8) is 0 Å². The number of nitro groups is 1. The second-order valence-corrected chi connectivity index (χ2v) is 4.73. The van der Waals surface area contributed by atoms with E-state index in [0.717, 1.165) is 30.3 Å². The summed E-state index contributed by atoms with van der Waals surface area (Å²) in [5, 5.41) is 10.6. The van der Waals surface area contributed by atoms with Gasteiger partial charge in [0, 0.05) is 17.2 Å². The fourth-order valence-electron chi connectivity index (χ4n) is 1.77. The van der Waals surface area contributed by atoms with Crippen molar-refractivity contribution in [3.05, 3.63) is 74.3 Å². The number of hydrogen-bond donors (Lipinski definition) is 0. The van der Waals surface area contributed by atoms with Gasteiger partial charge in [-0.25, -0.2) is 0 Å². The van der Waals surface area contributed by atoms with E-state index in [4.69, 9.17) is 11.6 Å². The van der Waals surface area contributed by atoms with Crippen molar-refractivity contribution < 1.29 is 22.9 Å². The monoisotopic (exact) mass is 329 g/mol. The third-order valence-corrected chi connectivity index (χ3v) is 3.20. The Morgan fingerprint density at radius 1 is 1.05 bits per heavy atom. The quantitative estimate of drug-likeness (QED) is 0.473. The standard InChI is InChI=1S/C14H7ClF3NO3/c15-11-6-3-9(7-12(11)19(21)22)13(20)8-1-4-10(5-2-8)14(16,17)18/h1-7H. The third-order valence-electron chi connectivity index (χ3n) is 2.88. The van der Waals surface area contributed by atoms with E-state index in [9.17, 15) is 28.1 Å². The first-order valence-corrected chi connectivity index (χ1v) is 6.24. The summed E-state index contributed by atoms with van der Waals surface area (Å²) < 4.78 is 37.4. The maximum Gasteiger partial charge on any atom is 0.416 e. The lowest BCUT2D eigenvalue weighted by Crippen LogP contribution is -2.07. The molecule has 0 N–H and O–H groups in total. The number of nitro benzene ring substituents is 1. The molecule has 0 radical (unpaired) electrons. The number of halogens is 4. The number of alkyl halides is 3. The molecule has 2 aromatic carbocycles. The Morgan fingerprint density at radius 3 is 2.09 bits per heavy atom. The summed E-state index contributed by atoms with van der Waals surface area (Å²) in [6, 6.07) is 7.04. The van der Waals surface area contributed by atoms with Crippen LogP contribution in [0, 0.1) is 10.1 Å². The molecular formula is C14H7ClF3NO3. The smallest absolute Gasteiger partial charge is 0.289 e. The van der Waals surface area contributed by atoms with Gasteiger partial charge in [-0.3, -0.25) is 14.9 Å². The largest absolute Gasteiger partial charge is 0.416 e. The van der Waals surface area contributed by atoms with Crippen LogP contribution in [0.5, 0.6) is 0 Å². The molecule has 0 heterocycles. The number of carbonyl (C=O) groups excluding carboxylic acids is 1. The van der Waals surface area contributed by atoms with Crippen LogP contribution in [-0.4, -0.2) is 10.7 Å². The molecular weight excluding hydrogens is 323 g/mol. The van der Waals surface area contributed by atoms with Crippen molar-refractivity contribution in [1.29, 1.82) is 0 Å². The highest BCUT2D eigenvalue weighted by Crippen LogP contribution is 2.30. The molecule has 0 unspecified atom stereocenters. The van der Waals surface area contributed by atoms with Gasteiger partial charge in [-0.05, 0) is 24.3 Å². The van der Waals surface area contributed by atoms with Crippen LogP contribution < -0.4 is 0 Å². The minimum atomic E-state index is -4.50. The average molecular weight is 330 g/mol. The fourth-order valence-corrected chi connectivity index (χ4v) is 1.96. The molecule has 2 rings (SSSR count). The summed E-state index contributed by atoms with van der Waals surface area (Å²) in [5.41, 5.74) is -1.37. The normalized spacial score (nSPS) is 11.3. The van der Waals surface area contributed by atoms with Crippen LogP contribution in [-0.2, 0) is 6.18 Å². The Morgan fingerprint density at radius 2 is 1.59 bits per heavy atom. The molecule has 0 bridgehead atoms. The van der Waals surface area contributed by atoms with Crippen molar-refractivity contribution in [1.82, 2.24) is 0 Å². The zero-order valence-electron chi connectivity index (χ0n) is 10.7. The number of ketones is 1.